The topological polar surface area (TPSA) is 113 Å². The number of benzene rings is 2. The minimum Gasteiger partial charge on any atom is -0.326 e. The molecule has 3 N–H and O–H groups in total. The third-order valence-electron chi connectivity index (χ3n) is 5.15. The number of aryl methyl sites for hydroxylation is 1. The molecule has 0 saturated carbocycles. The molecule has 12 heteroatoms. The fraction of sp³-hybridized carbons (Fsp3) is 0.143. The molecule has 1 aliphatic rings. The Bertz CT molecular complexity index is 1410. The lowest BCUT2D eigenvalue weighted by Gasteiger charge is -2.30. The van der Waals surface area contributed by atoms with Gasteiger partial charge in [-0.25, -0.2) is 9.36 Å². The van der Waals surface area contributed by atoms with Crippen molar-refractivity contribution in [3.05, 3.63) is 91.1 Å². The fourth-order valence-corrected chi connectivity index (χ4v) is 3.77. The van der Waals surface area contributed by atoms with Gasteiger partial charge >= 0.3 is 11.9 Å². The van der Waals surface area contributed by atoms with Gasteiger partial charge in [0.2, 0.25) is 0 Å². The van der Waals surface area contributed by atoms with Crippen LogP contribution in [0.5, 0.6) is 0 Å². The van der Waals surface area contributed by atoms with Crippen LogP contribution in [0.25, 0.3) is 5.69 Å². The van der Waals surface area contributed by atoms with Crippen LogP contribution in [0, 0.1) is 6.92 Å². The molecule has 3 aromatic rings. The summed E-state index contributed by atoms with van der Waals surface area (Å²) >= 11 is 5.83. The number of rotatable bonds is 3. The maximum atomic E-state index is 14.4. The first-order chi connectivity index (χ1) is 15.5. The van der Waals surface area contributed by atoms with Crippen molar-refractivity contribution in [3.63, 3.8) is 0 Å². The van der Waals surface area contributed by atoms with E-state index >= 15 is 0 Å². The predicted octanol–water partition coefficient (Wildman–Crippen LogP) is 2.63. The molecule has 2 heterocycles. The van der Waals surface area contributed by atoms with E-state index in [1.807, 2.05) is 5.32 Å². The quantitative estimate of drug-likeness (QED) is 0.537. The predicted molar refractivity (Wildman–Crippen MR) is 113 cm³/mol. The minimum absolute atomic E-state index is 0.0279. The van der Waals surface area contributed by atoms with Crippen LogP contribution in [0.4, 0.5) is 19.0 Å². The highest BCUT2D eigenvalue weighted by Crippen LogP contribution is 2.45. The molecular formula is C21H14ClF3N4O4. The summed E-state index contributed by atoms with van der Waals surface area (Å²) in [5.74, 6) is -3.68. The zero-order valence-electron chi connectivity index (χ0n) is 16.7. The number of anilines is 1. The van der Waals surface area contributed by atoms with Crippen molar-refractivity contribution in [1.82, 2.24) is 14.9 Å². The summed E-state index contributed by atoms with van der Waals surface area (Å²) in [6.07, 6.45) is -5.43. The van der Waals surface area contributed by atoms with E-state index in [9.17, 15) is 32.3 Å². The van der Waals surface area contributed by atoms with Crippen molar-refractivity contribution in [2.45, 2.75) is 18.6 Å². The Kier molecular flexibility index (Phi) is 5.16. The number of nitrogens with zero attached hydrogens (tertiary/aromatic N) is 1. The molecule has 0 fully saturated rings. The Labute approximate surface area is 188 Å². The van der Waals surface area contributed by atoms with Gasteiger partial charge < -0.3 is 10.6 Å². The number of aromatic amines is 1. The standard InChI is InChI=1S/C21H14ClF3N4O4/c1-10-3-2-4-11(9-10)16(30)28-20(21(23,24)25)14-15(26-18(20)32)29(19(33)27-17(14)31)13-7-5-12(22)6-8-13/h2-9H,1H3,(H,26,32)(H,28,30)(H,27,31,33). The van der Waals surface area contributed by atoms with Crippen LogP contribution in [0.2, 0.25) is 5.02 Å². The number of carbonyl (C=O) groups excluding carboxylic acids is 2. The van der Waals surface area contributed by atoms with Gasteiger partial charge in [-0.05, 0) is 43.3 Å². The molecule has 1 aliphatic heterocycles. The number of hydrogen-bond donors (Lipinski definition) is 3. The summed E-state index contributed by atoms with van der Waals surface area (Å²) in [7, 11) is 0. The van der Waals surface area contributed by atoms with E-state index in [4.69, 9.17) is 11.6 Å². The minimum atomic E-state index is -5.43. The van der Waals surface area contributed by atoms with Crippen molar-refractivity contribution in [3.8, 4) is 5.69 Å². The van der Waals surface area contributed by atoms with Crippen LogP contribution >= 0.6 is 11.6 Å². The third-order valence-corrected chi connectivity index (χ3v) is 5.40. The Morgan fingerprint density at radius 3 is 2.36 bits per heavy atom. The zero-order valence-corrected chi connectivity index (χ0v) is 17.5. The molecule has 0 saturated heterocycles. The number of H-pyrrole nitrogens is 1. The molecule has 1 unspecified atom stereocenters. The first-order valence-corrected chi connectivity index (χ1v) is 9.76. The van der Waals surface area contributed by atoms with Gasteiger partial charge in [-0.2, -0.15) is 13.2 Å². The summed E-state index contributed by atoms with van der Waals surface area (Å²) < 4.78 is 44.0. The van der Waals surface area contributed by atoms with Gasteiger partial charge in [-0.15, -0.1) is 0 Å². The maximum Gasteiger partial charge on any atom is 0.425 e. The Balaban J connectivity index is 1.97. The van der Waals surface area contributed by atoms with E-state index in [1.54, 1.807) is 23.3 Å². The first kappa shape index (κ1) is 22.3. The zero-order chi connectivity index (χ0) is 24.1. The Morgan fingerprint density at radius 2 is 1.76 bits per heavy atom. The molecule has 0 spiro atoms. The molecule has 0 bridgehead atoms. The van der Waals surface area contributed by atoms with Crippen LogP contribution in [0.3, 0.4) is 0 Å². The highest BCUT2D eigenvalue weighted by Gasteiger charge is 2.68. The van der Waals surface area contributed by atoms with E-state index < -0.39 is 46.2 Å². The second kappa shape index (κ2) is 7.62. The maximum absolute atomic E-state index is 14.4. The van der Waals surface area contributed by atoms with E-state index in [1.165, 1.54) is 42.5 Å². The van der Waals surface area contributed by atoms with Crippen LogP contribution in [-0.2, 0) is 10.3 Å². The second-order valence-electron chi connectivity index (χ2n) is 7.32. The van der Waals surface area contributed by atoms with Crippen LogP contribution in [-0.4, -0.2) is 27.5 Å². The number of carbonyl (C=O) groups is 2. The highest BCUT2D eigenvalue weighted by atomic mass is 35.5. The van der Waals surface area contributed by atoms with Crippen molar-refractivity contribution >= 4 is 29.2 Å². The van der Waals surface area contributed by atoms with Crippen molar-refractivity contribution in [2.24, 2.45) is 0 Å². The normalized spacial score (nSPS) is 17.4. The van der Waals surface area contributed by atoms with Crippen molar-refractivity contribution in [2.75, 3.05) is 5.32 Å². The van der Waals surface area contributed by atoms with E-state index in [2.05, 4.69) is 0 Å². The molecule has 4 rings (SSSR count). The number of nitrogens with one attached hydrogen (secondary N) is 3. The largest absolute Gasteiger partial charge is 0.425 e. The number of hydrogen-bond acceptors (Lipinski definition) is 4. The molecule has 33 heavy (non-hydrogen) atoms. The molecule has 2 aromatic carbocycles. The van der Waals surface area contributed by atoms with Crippen molar-refractivity contribution in [1.29, 1.82) is 0 Å². The summed E-state index contributed by atoms with van der Waals surface area (Å²) in [5, 5.41) is 3.94. The molecule has 0 aliphatic carbocycles. The average Bonchev–Trinajstić information content (AvgIpc) is 3.02. The highest BCUT2D eigenvalue weighted by molar-refractivity contribution is 6.30. The Morgan fingerprint density at radius 1 is 1.09 bits per heavy atom. The monoisotopic (exact) mass is 478 g/mol. The molecule has 170 valence electrons. The van der Waals surface area contributed by atoms with Crippen molar-refractivity contribution < 1.29 is 22.8 Å². The molecule has 8 nitrogen and oxygen atoms in total. The second-order valence-corrected chi connectivity index (χ2v) is 7.76. The summed E-state index contributed by atoms with van der Waals surface area (Å²) in [4.78, 5) is 52.4. The molecule has 2 amide bonds. The van der Waals surface area contributed by atoms with E-state index in [0.29, 0.717) is 10.1 Å². The first-order valence-electron chi connectivity index (χ1n) is 9.39. The molecular weight excluding hydrogens is 465 g/mol. The lowest BCUT2D eigenvalue weighted by Crippen LogP contribution is -2.62. The number of amides is 2. The molecule has 0 radical (unpaired) electrons. The van der Waals surface area contributed by atoms with Gasteiger partial charge in [0.05, 0.1) is 5.69 Å². The van der Waals surface area contributed by atoms with Gasteiger partial charge in [0.25, 0.3) is 22.9 Å². The van der Waals surface area contributed by atoms with Gasteiger partial charge in [0, 0.05) is 10.6 Å². The molecule has 1 aromatic heterocycles. The molecule has 1 atom stereocenters. The Hall–Kier alpha value is -3.86. The van der Waals surface area contributed by atoms with E-state index in [0.717, 1.165) is 0 Å². The number of halogens is 4. The van der Waals surface area contributed by atoms with Gasteiger partial charge in [-0.3, -0.25) is 19.4 Å². The summed E-state index contributed by atoms with van der Waals surface area (Å²) in [6, 6.07) is 11.0. The lowest BCUT2D eigenvalue weighted by molar-refractivity contribution is -0.196. The lowest BCUT2D eigenvalue weighted by atomic mass is 9.91. The van der Waals surface area contributed by atoms with Crippen LogP contribution in [0.15, 0.2) is 58.1 Å². The smallest absolute Gasteiger partial charge is 0.326 e. The van der Waals surface area contributed by atoms with Gasteiger partial charge in [-0.1, -0.05) is 29.3 Å². The van der Waals surface area contributed by atoms with Crippen LogP contribution in [0.1, 0.15) is 21.5 Å². The van der Waals surface area contributed by atoms with Gasteiger partial charge in [0.1, 0.15) is 11.4 Å². The average molecular weight is 479 g/mol. The number of aromatic nitrogens is 2. The van der Waals surface area contributed by atoms with E-state index in [-0.39, 0.29) is 16.3 Å². The van der Waals surface area contributed by atoms with Crippen LogP contribution < -0.4 is 21.9 Å². The number of fused-ring (bicyclic) bond motifs is 1. The summed E-state index contributed by atoms with van der Waals surface area (Å²) in [5.41, 5.74) is -6.99. The fourth-order valence-electron chi connectivity index (χ4n) is 3.64. The third kappa shape index (κ3) is 3.50. The SMILES string of the molecule is Cc1cccc(C(=O)NC2(C(F)(F)F)C(=O)Nc3c2c(=O)[nH]c(=O)n3-c2ccc(Cl)cc2)c1. The summed E-state index contributed by atoms with van der Waals surface area (Å²) in [6.45, 7) is 1.63. The van der Waals surface area contributed by atoms with Gasteiger partial charge in [0.15, 0.2) is 0 Å². The number of alkyl halides is 3.